The predicted octanol–water partition coefficient (Wildman–Crippen LogP) is 3.99. The van der Waals surface area contributed by atoms with Gasteiger partial charge in [0.15, 0.2) is 0 Å². The molecule has 0 saturated carbocycles. The van der Waals surface area contributed by atoms with Crippen LogP contribution in [0.3, 0.4) is 0 Å². The van der Waals surface area contributed by atoms with Crippen LogP contribution in [0.15, 0.2) is 66.9 Å². The van der Waals surface area contributed by atoms with Crippen molar-refractivity contribution in [2.75, 3.05) is 12.8 Å². The number of sulfonamides is 1. The second-order valence-electron chi connectivity index (χ2n) is 6.84. The molecule has 0 unspecified atom stereocenters. The zero-order valence-electron chi connectivity index (χ0n) is 16.4. The van der Waals surface area contributed by atoms with E-state index in [0.29, 0.717) is 19.3 Å². The molecule has 150 valence electrons. The number of nitriles is 1. The molecule has 0 aliphatic rings. The number of para-hydroxylation sites is 1. The van der Waals surface area contributed by atoms with Gasteiger partial charge in [-0.25, -0.2) is 17.4 Å². The second kappa shape index (κ2) is 9.50. The van der Waals surface area contributed by atoms with Crippen molar-refractivity contribution in [3.63, 3.8) is 0 Å². The Labute approximate surface area is 172 Å². The topological polar surface area (TPSA) is 79.0 Å². The van der Waals surface area contributed by atoms with Gasteiger partial charge < -0.3 is 0 Å². The summed E-state index contributed by atoms with van der Waals surface area (Å²) in [5.41, 5.74) is 3.46. The van der Waals surface area contributed by atoms with Crippen molar-refractivity contribution in [1.29, 1.82) is 5.26 Å². The van der Waals surface area contributed by atoms with Gasteiger partial charge in [-0.05, 0) is 25.0 Å². The van der Waals surface area contributed by atoms with E-state index < -0.39 is 10.0 Å². The fourth-order valence-electron chi connectivity index (χ4n) is 3.06. The first-order valence-corrected chi connectivity index (χ1v) is 11.1. The van der Waals surface area contributed by atoms with Gasteiger partial charge in [-0.2, -0.15) is 10.4 Å². The van der Waals surface area contributed by atoms with Gasteiger partial charge in [-0.1, -0.05) is 48.5 Å². The number of benzene rings is 2. The quantitative estimate of drug-likeness (QED) is 0.502. The average molecular weight is 409 g/mol. The molecule has 0 spiro atoms. The van der Waals surface area contributed by atoms with Crippen LogP contribution in [-0.4, -0.2) is 35.3 Å². The third-order valence-corrected chi connectivity index (χ3v) is 6.55. The lowest BCUT2D eigenvalue weighted by Gasteiger charge is -2.17. The van der Waals surface area contributed by atoms with E-state index in [2.05, 4.69) is 0 Å². The lowest BCUT2D eigenvalue weighted by Crippen LogP contribution is -2.28. The standard InChI is InChI=1S/C22H24N4O2S/c1-25(29(27,28)16-10-4-9-15-23)17-20-18-26(21-13-7-3-8-14-21)24-22(20)19-11-5-2-6-12-19/h2-3,5-8,11-14,18H,4,9-10,16-17H2,1H3. The zero-order chi connectivity index (χ0) is 20.7. The molecule has 0 bridgehead atoms. The first kappa shape index (κ1) is 20.8. The zero-order valence-corrected chi connectivity index (χ0v) is 17.2. The Morgan fingerprint density at radius 2 is 1.69 bits per heavy atom. The van der Waals surface area contributed by atoms with Crippen LogP contribution in [0.4, 0.5) is 0 Å². The highest BCUT2D eigenvalue weighted by molar-refractivity contribution is 7.89. The Hall–Kier alpha value is -2.95. The van der Waals surface area contributed by atoms with Crippen molar-refractivity contribution >= 4 is 10.0 Å². The minimum absolute atomic E-state index is 0.0403. The molecule has 29 heavy (non-hydrogen) atoms. The molecule has 3 rings (SSSR count). The molecule has 2 aromatic carbocycles. The molecule has 0 saturated heterocycles. The van der Waals surface area contributed by atoms with Crippen molar-refractivity contribution in [2.24, 2.45) is 0 Å². The molecular weight excluding hydrogens is 384 g/mol. The maximum Gasteiger partial charge on any atom is 0.214 e. The molecule has 0 aliphatic heterocycles. The molecule has 1 aromatic heterocycles. The Morgan fingerprint density at radius 1 is 1.03 bits per heavy atom. The fourth-order valence-corrected chi connectivity index (χ4v) is 4.28. The maximum absolute atomic E-state index is 12.6. The highest BCUT2D eigenvalue weighted by Crippen LogP contribution is 2.25. The van der Waals surface area contributed by atoms with Crippen LogP contribution in [0.5, 0.6) is 0 Å². The molecule has 7 heteroatoms. The summed E-state index contributed by atoms with van der Waals surface area (Å²) in [5, 5.41) is 13.3. The molecular formula is C22H24N4O2S. The molecule has 0 radical (unpaired) electrons. The lowest BCUT2D eigenvalue weighted by atomic mass is 10.1. The van der Waals surface area contributed by atoms with Crippen molar-refractivity contribution in [1.82, 2.24) is 14.1 Å². The Bertz CT molecular complexity index is 1070. The highest BCUT2D eigenvalue weighted by Gasteiger charge is 2.21. The Balaban J connectivity index is 1.87. The van der Waals surface area contributed by atoms with E-state index in [1.165, 1.54) is 4.31 Å². The molecule has 0 fully saturated rings. The largest absolute Gasteiger partial charge is 0.240 e. The van der Waals surface area contributed by atoms with E-state index >= 15 is 0 Å². The van der Waals surface area contributed by atoms with E-state index in [1.807, 2.05) is 72.9 Å². The predicted molar refractivity (Wildman–Crippen MR) is 114 cm³/mol. The van der Waals surface area contributed by atoms with Crippen LogP contribution in [0, 0.1) is 11.3 Å². The van der Waals surface area contributed by atoms with E-state index in [4.69, 9.17) is 10.4 Å². The van der Waals surface area contributed by atoms with Gasteiger partial charge in [-0.3, -0.25) is 0 Å². The third kappa shape index (κ3) is 5.31. The van der Waals surface area contributed by atoms with Crippen LogP contribution < -0.4 is 0 Å². The first-order valence-electron chi connectivity index (χ1n) is 9.51. The lowest BCUT2D eigenvalue weighted by molar-refractivity contribution is 0.465. The van der Waals surface area contributed by atoms with Crippen LogP contribution in [0.1, 0.15) is 24.8 Å². The minimum Gasteiger partial charge on any atom is -0.240 e. The second-order valence-corrected chi connectivity index (χ2v) is 9.03. The molecule has 6 nitrogen and oxygen atoms in total. The molecule has 0 aliphatic carbocycles. The van der Waals surface area contributed by atoms with Crippen molar-refractivity contribution in [3.05, 3.63) is 72.4 Å². The van der Waals surface area contributed by atoms with Gasteiger partial charge in [0.2, 0.25) is 10.0 Å². The summed E-state index contributed by atoms with van der Waals surface area (Å²) >= 11 is 0. The Kier molecular flexibility index (Phi) is 6.81. The van der Waals surface area contributed by atoms with Gasteiger partial charge in [0.25, 0.3) is 0 Å². The van der Waals surface area contributed by atoms with Crippen LogP contribution in [0.2, 0.25) is 0 Å². The fraction of sp³-hybridized carbons (Fsp3) is 0.273. The van der Waals surface area contributed by atoms with E-state index in [1.54, 1.807) is 11.7 Å². The first-order chi connectivity index (χ1) is 14.0. The van der Waals surface area contributed by atoms with Gasteiger partial charge in [0.1, 0.15) is 0 Å². The summed E-state index contributed by atoms with van der Waals surface area (Å²) in [5.74, 6) is 0.0403. The van der Waals surface area contributed by atoms with E-state index in [9.17, 15) is 8.42 Å². The summed E-state index contributed by atoms with van der Waals surface area (Å²) < 4.78 is 28.4. The number of hydrogen-bond donors (Lipinski definition) is 0. The normalized spacial score (nSPS) is 11.5. The third-order valence-electron chi connectivity index (χ3n) is 4.67. The van der Waals surface area contributed by atoms with E-state index in [0.717, 1.165) is 22.5 Å². The van der Waals surface area contributed by atoms with Crippen molar-refractivity contribution in [3.8, 4) is 23.0 Å². The monoisotopic (exact) mass is 408 g/mol. The Morgan fingerprint density at radius 3 is 2.34 bits per heavy atom. The SMILES string of the molecule is CN(Cc1cn(-c2ccccc2)nc1-c1ccccc1)S(=O)(=O)CCCCC#N. The summed E-state index contributed by atoms with van der Waals surface area (Å²) in [6.45, 7) is 0.234. The van der Waals surface area contributed by atoms with Gasteiger partial charge >= 0.3 is 0 Å². The number of unbranched alkanes of at least 4 members (excludes halogenated alkanes) is 2. The average Bonchev–Trinajstić information content (AvgIpc) is 3.16. The molecule has 3 aromatic rings. The van der Waals surface area contributed by atoms with E-state index in [-0.39, 0.29) is 12.3 Å². The van der Waals surface area contributed by atoms with Crippen LogP contribution in [0.25, 0.3) is 16.9 Å². The molecule has 1 heterocycles. The summed E-state index contributed by atoms with van der Waals surface area (Å²) in [7, 11) is -1.81. The van der Waals surface area contributed by atoms with Crippen LogP contribution in [-0.2, 0) is 16.6 Å². The number of rotatable bonds is 9. The number of aromatic nitrogens is 2. The number of hydrogen-bond acceptors (Lipinski definition) is 4. The summed E-state index contributed by atoms with van der Waals surface area (Å²) in [4.78, 5) is 0. The summed E-state index contributed by atoms with van der Waals surface area (Å²) in [6.07, 6.45) is 3.33. The van der Waals surface area contributed by atoms with Gasteiger partial charge in [0, 0.05) is 37.3 Å². The highest BCUT2D eigenvalue weighted by atomic mass is 32.2. The minimum atomic E-state index is -3.41. The molecule has 0 N–H and O–H groups in total. The van der Waals surface area contributed by atoms with Crippen molar-refractivity contribution in [2.45, 2.75) is 25.8 Å². The van der Waals surface area contributed by atoms with Gasteiger partial charge in [0.05, 0.1) is 23.2 Å². The van der Waals surface area contributed by atoms with Crippen molar-refractivity contribution < 1.29 is 8.42 Å². The number of nitrogens with zero attached hydrogens (tertiary/aromatic N) is 4. The molecule has 0 amide bonds. The van der Waals surface area contributed by atoms with Gasteiger partial charge in [-0.15, -0.1) is 0 Å². The smallest absolute Gasteiger partial charge is 0.214 e. The van der Waals surface area contributed by atoms with Crippen LogP contribution >= 0.6 is 0 Å². The maximum atomic E-state index is 12.6. The molecule has 0 atom stereocenters. The summed E-state index contributed by atoms with van der Waals surface area (Å²) in [6, 6.07) is 21.6.